The average Bonchev–Trinajstić information content (AvgIpc) is 2.40. The second-order valence-electron chi connectivity index (χ2n) is 4.62. The van der Waals surface area contributed by atoms with Crippen LogP contribution in [-0.4, -0.2) is 46.3 Å². The topological polar surface area (TPSA) is 54.0 Å². The van der Waals surface area contributed by atoms with E-state index in [1.165, 1.54) is 0 Å². The maximum atomic E-state index is 11.5. The second-order valence-corrected chi connectivity index (χ2v) is 4.62. The fraction of sp³-hybridized carbons (Fsp3) is 0.800. The Morgan fingerprint density at radius 1 is 1.20 bits per heavy atom. The molecule has 0 aliphatic heterocycles. The van der Waals surface area contributed by atoms with Crippen molar-refractivity contribution in [2.75, 3.05) is 40.3 Å². The van der Waals surface area contributed by atoms with Gasteiger partial charge in [-0.05, 0) is 32.6 Å². The number of hydrogen-bond donors (Lipinski definition) is 0. The molecule has 1 unspecified atom stereocenters. The Labute approximate surface area is 122 Å². The fourth-order valence-electron chi connectivity index (χ4n) is 1.69. The summed E-state index contributed by atoms with van der Waals surface area (Å²) in [5.41, 5.74) is 1.01. The Kier molecular flexibility index (Phi) is 12.5. The predicted molar refractivity (Wildman–Crippen MR) is 77.4 cm³/mol. The number of rotatable bonds is 13. The normalized spacial score (nSPS) is 12.2. The first-order valence-electron chi connectivity index (χ1n) is 7.07. The van der Waals surface area contributed by atoms with Gasteiger partial charge in [0.25, 0.3) is 0 Å². The number of ether oxygens (including phenoxy) is 4. The van der Waals surface area contributed by atoms with Crippen LogP contribution in [0.25, 0.3) is 0 Å². The zero-order valence-corrected chi connectivity index (χ0v) is 13.0. The molecule has 0 aliphatic carbocycles. The molecule has 0 aromatic heterocycles. The van der Waals surface area contributed by atoms with Gasteiger partial charge in [0.1, 0.15) is 6.79 Å². The van der Waals surface area contributed by atoms with E-state index in [0.29, 0.717) is 32.8 Å². The van der Waals surface area contributed by atoms with Crippen LogP contribution in [-0.2, 0) is 23.7 Å². The maximum Gasteiger partial charge on any atom is 0.306 e. The van der Waals surface area contributed by atoms with Crippen LogP contribution in [0.5, 0.6) is 0 Å². The van der Waals surface area contributed by atoms with Gasteiger partial charge in [0, 0.05) is 13.7 Å². The molecule has 1 atom stereocenters. The lowest BCUT2D eigenvalue weighted by molar-refractivity contribution is -0.144. The third-order valence-corrected chi connectivity index (χ3v) is 2.86. The van der Waals surface area contributed by atoms with Gasteiger partial charge in [0.15, 0.2) is 0 Å². The molecule has 0 rings (SSSR count). The lowest BCUT2D eigenvalue weighted by Gasteiger charge is -2.16. The number of carbonyl (C=O) groups is 1. The highest BCUT2D eigenvalue weighted by atomic mass is 16.7. The summed E-state index contributed by atoms with van der Waals surface area (Å²) in [4.78, 5) is 11.5. The highest BCUT2D eigenvalue weighted by molar-refractivity contribution is 5.70. The van der Waals surface area contributed by atoms with E-state index in [9.17, 15) is 4.79 Å². The quantitative estimate of drug-likeness (QED) is 0.226. The monoisotopic (exact) mass is 288 g/mol. The van der Waals surface area contributed by atoms with Crippen LogP contribution in [0.4, 0.5) is 0 Å². The number of methoxy groups -OCH3 is 1. The van der Waals surface area contributed by atoms with Crippen molar-refractivity contribution in [2.24, 2.45) is 5.92 Å². The summed E-state index contributed by atoms with van der Waals surface area (Å²) >= 11 is 0. The largest absolute Gasteiger partial charge is 0.466 e. The standard InChI is InChI=1S/C15H28O5/c1-5-20-15(16)11-14(13(2)3)7-6-8-18-12-19-10-9-17-4/h14H,2,5-12H2,1,3-4H3. The van der Waals surface area contributed by atoms with Crippen molar-refractivity contribution in [3.05, 3.63) is 12.2 Å². The second kappa shape index (κ2) is 13.1. The maximum absolute atomic E-state index is 11.5. The summed E-state index contributed by atoms with van der Waals surface area (Å²) in [6, 6.07) is 0. The molecule has 118 valence electrons. The zero-order chi connectivity index (χ0) is 15.2. The third-order valence-electron chi connectivity index (χ3n) is 2.86. The van der Waals surface area contributed by atoms with Crippen molar-refractivity contribution in [3.8, 4) is 0 Å². The smallest absolute Gasteiger partial charge is 0.306 e. The molecule has 5 nitrogen and oxygen atoms in total. The van der Waals surface area contributed by atoms with Gasteiger partial charge in [0.05, 0.1) is 26.2 Å². The molecule has 0 N–H and O–H groups in total. The summed E-state index contributed by atoms with van der Waals surface area (Å²) in [5.74, 6) is -0.00335. The third kappa shape index (κ3) is 11.0. The number of hydrogen-bond acceptors (Lipinski definition) is 5. The molecule has 20 heavy (non-hydrogen) atoms. The van der Waals surface area contributed by atoms with E-state index in [0.717, 1.165) is 18.4 Å². The Morgan fingerprint density at radius 2 is 1.90 bits per heavy atom. The molecular formula is C15H28O5. The van der Waals surface area contributed by atoms with E-state index >= 15 is 0 Å². The Morgan fingerprint density at radius 3 is 2.50 bits per heavy atom. The molecule has 0 fully saturated rings. The Bertz CT molecular complexity index is 265. The van der Waals surface area contributed by atoms with Crippen LogP contribution in [0.3, 0.4) is 0 Å². The van der Waals surface area contributed by atoms with Crippen LogP contribution in [0.2, 0.25) is 0 Å². The van der Waals surface area contributed by atoms with Crippen molar-refractivity contribution in [2.45, 2.75) is 33.1 Å². The molecule has 0 saturated heterocycles. The molecule has 0 radical (unpaired) electrons. The van der Waals surface area contributed by atoms with Crippen LogP contribution in [0.1, 0.15) is 33.1 Å². The fourth-order valence-corrected chi connectivity index (χ4v) is 1.69. The molecule has 5 heteroatoms. The average molecular weight is 288 g/mol. The van der Waals surface area contributed by atoms with Crippen molar-refractivity contribution in [1.29, 1.82) is 0 Å². The molecule has 0 aliphatic rings. The highest BCUT2D eigenvalue weighted by Gasteiger charge is 2.15. The zero-order valence-electron chi connectivity index (χ0n) is 13.0. The van der Waals surface area contributed by atoms with Crippen molar-refractivity contribution < 1.29 is 23.7 Å². The summed E-state index contributed by atoms with van der Waals surface area (Å²) in [7, 11) is 1.63. The van der Waals surface area contributed by atoms with E-state index < -0.39 is 0 Å². The molecule has 0 aromatic carbocycles. The van der Waals surface area contributed by atoms with Crippen LogP contribution < -0.4 is 0 Å². The van der Waals surface area contributed by atoms with Gasteiger partial charge in [-0.25, -0.2) is 0 Å². The number of esters is 1. The molecular weight excluding hydrogens is 260 g/mol. The van der Waals surface area contributed by atoms with E-state index in [1.54, 1.807) is 7.11 Å². The molecule has 0 bridgehead atoms. The van der Waals surface area contributed by atoms with Crippen LogP contribution in [0, 0.1) is 5.92 Å². The minimum absolute atomic E-state index is 0.159. The molecule has 0 spiro atoms. The summed E-state index contributed by atoms with van der Waals surface area (Å²) in [6.07, 6.45) is 2.13. The molecule has 0 aromatic rings. The predicted octanol–water partition coefficient (Wildman–Crippen LogP) is 2.55. The first-order chi connectivity index (χ1) is 9.61. The van der Waals surface area contributed by atoms with E-state index in [4.69, 9.17) is 18.9 Å². The Hall–Kier alpha value is -0.910. The van der Waals surface area contributed by atoms with Gasteiger partial charge in [-0.2, -0.15) is 0 Å². The van der Waals surface area contributed by atoms with Crippen molar-refractivity contribution in [1.82, 2.24) is 0 Å². The van der Waals surface area contributed by atoms with Gasteiger partial charge < -0.3 is 18.9 Å². The van der Waals surface area contributed by atoms with E-state index in [-0.39, 0.29) is 18.7 Å². The molecule has 0 heterocycles. The lowest BCUT2D eigenvalue weighted by Crippen LogP contribution is -2.13. The minimum Gasteiger partial charge on any atom is -0.466 e. The van der Waals surface area contributed by atoms with Crippen molar-refractivity contribution >= 4 is 5.97 Å². The van der Waals surface area contributed by atoms with Crippen LogP contribution in [0.15, 0.2) is 12.2 Å². The summed E-state index contributed by atoms with van der Waals surface area (Å²) in [6.45, 7) is 10.1. The van der Waals surface area contributed by atoms with Gasteiger partial charge in [-0.1, -0.05) is 12.2 Å². The lowest BCUT2D eigenvalue weighted by atomic mass is 9.93. The number of carbonyl (C=O) groups excluding carboxylic acids is 1. The first-order valence-corrected chi connectivity index (χ1v) is 7.07. The number of allylic oxidation sites excluding steroid dienone is 1. The van der Waals surface area contributed by atoms with Crippen LogP contribution >= 0.6 is 0 Å². The van der Waals surface area contributed by atoms with E-state index in [2.05, 4.69) is 6.58 Å². The summed E-state index contributed by atoms with van der Waals surface area (Å²) < 4.78 is 20.3. The van der Waals surface area contributed by atoms with E-state index in [1.807, 2.05) is 13.8 Å². The van der Waals surface area contributed by atoms with Gasteiger partial charge >= 0.3 is 5.97 Å². The van der Waals surface area contributed by atoms with Gasteiger partial charge in [-0.15, -0.1) is 0 Å². The van der Waals surface area contributed by atoms with Crippen molar-refractivity contribution in [3.63, 3.8) is 0 Å². The molecule has 0 amide bonds. The summed E-state index contributed by atoms with van der Waals surface area (Å²) in [5, 5.41) is 0. The highest BCUT2D eigenvalue weighted by Crippen LogP contribution is 2.20. The SMILES string of the molecule is C=C(C)C(CCCOCOCCOC)CC(=O)OCC. The minimum atomic E-state index is -0.163. The first kappa shape index (κ1) is 19.1. The van der Waals surface area contributed by atoms with Gasteiger partial charge in [0.2, 0.25) is 0 Å². The molecule has 0 saturated carbocycles. The van der Waals surface area contributed by atoms with Gasteiger partial charge in [-0.3, -0.25) is 4.79 Å². The Balaban J connectivity index is 3.66.